The zero-order valence-electron chi connectivity index (χ0n) is 14.0. The van der Waals surface area contributed by atoms with Crippen LogP contribution in [-0.4, -0.2) is 30.6 Å². The number of imide groups is 1. The number of amides is 2. The Morgan fingerprint density at radius 3 is 2.46 bits per heavy atom. The molecule has 0 saturated carbocycles. The summed E-state index contributed by atoms with van der Waals surface area (Å²) in [7, 11) is 1.52. The second-order valence-electron chi connectivity index (χ2n) is 5.51. The van der Waals surface area contributed by atoms with Crippen LogP contribution < -0.4 is 4.74 Å². The standard InChI is InChI=1S/C20H16FNO4/c1-25-17-9-7-15(8-10-17)12-18(21)19(23)22-16(13-26-20(22)24)11-14-5-3-2-4-6-14/h2-12H,13H2,1H3/b16-11?,18-12-. The minimum Gasteiger partial charge on any atom is -0.497 e. The van der Waals surface area contributed by atoms with Gasteiger partial charge in [-0.15, -0.1) is 0 Å². The number of hydrogen-bond acceptors (Lipinski definition) is 4. The SMILES string of the molecule is COc1ccc(/C=C(\F)C(=O)N2C(=O)OCC2=Cc2ccccc2)cc1. The number of halogens is 1. The maximum atomic E-state index is 14.4. The van der Waals surface area contributed by atoms with Crippen LogP contribution in [0.3, 0.4) is 0 Å². The van der Waals surface area contributed by atoms with Gasteiger partial charge in [-0.3, -0.25) is 4.79 Å². The average molecular weight is 353 g/mol. The lowest BCUT2D eigenvalue weighted by molar-refractivity contribution is -0.124. The maximum absolute atomic E-state index is 14.4. The second-order valence-corrected chi connectivity index (χ2v) is 5.51. The summed E-state index contributed by atoms with van der Waals surface area (Å²) < 4.78 is 24.3. The van der Waals surface area contributed by atoms with Crippen molar-refractivity contribution in [3.05, 3.63) is 77.2 Å². The third kappa shape index (κ3) is 3.80. The lowest BCUT2D eigenvalue weighted by Gasteiger charge is -2.11. The van der Waals surface area contributed by atoms with Gasteiger partial charge in [0.05, 0.1) is 12.8 Å². The number of carbonyl (C=O) groups excluding carboxylic acids is 2. The largest absolute Gasteiger partial charge is 0.497 e. The maximum Gasteiger partial charge on any atom is 0.421 e. The molecule has 5 nitrogen and oxygen atoms in total. The third-order valence-electron chi connectivity index (χ3n) is 3.76. The fraction of sp³-hybridized carbons (Fsp3) is 0.100. The van der Waals surface area contributed by atoms with E-state index in [0.29, 0.717) is 16.2 Å². The lowest BCUT2D eigenvalue weighted by atomic mass is 10.1. The number of nitrogens with zero attached hydrogens (tertiary/aromatic N) is 1. The van der Waals surface area contributed by atoms with E-state index in [1.807, 2.05) is 30.3 Å². The van der Waals surface area contributed by atoms with Crippen LogP contribution in [0.25, 0.3) is 12.2 Å². The molecule has 0 N–H and O–H groups in total. The molecule has 1 aliphatic heterocycles. The summed E-state index contributed by atoms with van der Waals surface area (Å²) in [5.41, 5.74) is 1.53. The van der Waals surface area contributed by atoms with Gasteiger partial charge in [-0.25, -0.2) is 14.1 Å². The van der Waals surface area contributed by atoms with E-state index in [-0.39, 0.29) is 12.3 Å². The van der Waals surface area contributed by atoms with Gasteiger partial charge in [0.1, 0.15) is 12.4 Å². The number of cyclic esters (lactones) is 1. The van der Waals surface area contributed by atoms with Gasteiger partial charge in [0, 0.05) is 0 Å². The Hall–Kier alpha value is -3.41. The van der Waals surface area contributed by atoms with Crippen LogP contribution in [0.5, 0.6) is 5.75 Å². The molecule has 1 aliphatic rings. The summed E-state index contributed by atoms with van der Waals surface area (Å²) in [6, 6.07) is 15.6. The molecule has 2 amide bonds. The topological polar surface area (TPSA) is 55.8 Å². The van der Waals surface area contributed by atoms with Crippen molar-refractivity contribution in [3.8, 4) is 5.75 Å². The van der Waals surface area contributed by atoms with Gasteiger partial charge < -0.3 is 9.47 Å². The number of hydrogen-bond donors (Lipinski definition) is 0. The van der Waals surface area contributed by atoms with Crippen molar-refractivity contribution in [1.82, 2.24) is 4.90 Å². The Bertz CT molecular complexity index is 872. The summed E-state index contributed by atoms with van der Waals surface area (Å²) in [4.78, 5) is 25.0. The van der Waals surface area contributed by atoms with Crippen LogP contribution in [0.2, 0.25) is 0 Å². The number of methoxy groups -OCH3 is 1. The molecule has 0 unspecified atom stereocenters. The molecule has 3 rings (SSSR count). The van der Waals surface area contributed by atoms with E-state index in [1.54, 1.807) is 30.3 Å². The number of carbonyl (C=O) groups is 2. The number of rotatable bonds is 4. The Balaban J connectivity index is 1.84. The predicted molar refractivity (Wildman–Crippen MR) is 94.7 cm³/mol. The first-order valence-corrected chi connectivity index (χ1v) is 7.86. The highest BCUT2D eigenvalue weighted by atomic mass is 19.1. The van der Waals surface area contributed by atoms with Crippen molar-refractivity contribution in [2.24, 2.45) is 0 Å². The molecule has 6 heteroatoms. The van der Waals surface area contributed by atoms with Crippen molar-refractivity contribution >= 4 is 24.2 Å². The average Bonchev–Trinajstić information content (AvgIpc) is 3.02. The highest BCUT2D eigenvalue weighted by Gasteiger charge is 2.35. The van der Waals surface area contributed by atoms with Crippen LogP contribution in [0.1, 0.15) is 11.1 Å². The lowest BCUT2D eigenvalue weighted by Crippen LogP contribution is -2.30. The van der Waals surface area contributed by atoms with Gasteiger partial charge in [-0.1, -0.05) is 42.5 Å². The van der Waals surface area contributed by atoms with Gasteiger partial charge >= 0.3 is 6.09 Å². The summed E-state index contributed by atoms with van der Waals surface area (Å²) in [6.07, 6.45) is 1.78. The molecule has 0 radical (unpaired) electrons. The van der Waals surface area contributed by atoms with Crippen molar-refractivity contribution < 1.29 is 23.5 Å². The van der Waals surface area contributed by atoms with Crippen LogP contribution in [0, 0.1) is 0 Å². The number of ether oxygens (including phenoxy) is 2. The zero-order chi connectivity index (χ0) is 18.5. The second kappa shape index (κ2) is 7.65. The molecule has 26 heavy (non-hydrogen) atoms. The minimum absolute atomic E-state index is 0.0880. The first-order valence-electron chi connectivity index (χ1n) is 7.86. The molecule has 0 bridgehead atoms. The van der Waals surface area contributed by atoms with E-state index in [0.717, 1.165) is 11.6 Å². The van der Waals surface area contributed by atoms with Crippen LogP contribution in [0.15, 0.2) is 66.1 Å². The molecule has 1 fully saturated rings. The molecular formula is C20H16FNO4. The molecule has 1 saturated heterocycles. The van der Waals surface area contributed by atoms with Gasteiger partial charge in [0.2, 0.25) is 0 Å². The van der Waals surface area contributed by atoms with E-state index in [4.69, 9.17) is 9.47 Å². The Kier molecular flexibility index (Phi) is 5.12. The third-order valence-corrected chi connectivity index (χ3v) is 3.76. The zero-order valence-corrected chi connectivity index (χ0v) is 14.0. The van der Waals surface area contributed by atoms with Gasteiger partial charge in [0.15, 0.2) is 5.83 Å². The smallest absolute Gasteiger partial charge is 0.421 e. The minimum atomic E-state index is -1.06. The molecule has 0 aromatic heterocycles. The molecule has 132 valence electrons. The Morgan fingerprint density at radius 1 is 1.12 bits per heavy atom. The molecule has 0 aliphatic carbocycles. The molecule has 0 atom stereocenters. The van der Waals surface area contributed by atoms with E-state index in [1.165, 1.54) is 7.11 Å². The normalized spacial score (nSPS) is 15.9. The summed E-state index contributed by atoms with van der Waals surface area (Å²) in [6.45, 7) is -0.0880. The number of benzene rings is 2. The van der Waals surface area contributed by atoms with Crippen molar-refractivity contribution in [3.63, 3.8) is 0 Å². The highest BCUT2D eigenvalue weighted by molar-refractivity contribution is 6.06. The first-order chi connectivity index (χ1) is 12.6. The van der Waals surface area contributed by atoms with Gasteiger partial charge in [-0.2, -0.15) is 0 Å². The Labute approximate surface area is 149 Å². The van der Waals surface area contributed by atoms with Crippen molar-refractivity contribution in [2.45, 2.75) is 0 Å². The monoisotopic (exact) mass is 353 g/mol. The summed E-state index contributed by atoms with van der Waals surface area (Å²) in [5, 5.41) is 0. The highest BCUT2D eigenvalue weighted by Crippen LogP contribution is 2.23. The molecule has 2 aromatic rings. The van der Waals surface area contributed by atoms with E-state index >= 15 is 0 Å². The van der Waals surface area contributed by atoms with Crippen molar-refractivity contribution in [1.29, 1.82) is 0 Å². The quantitative estimate of drug-likeness (QED) is 0.779. The van der Waals surface area contributed by atoms with Gasteiger partial charge in [-0.05, 0) is 35.4 Å². The van der Waals surface area contributed by atoms with E-state index in [2.05, 4.69) is 0 Å². The first kappa shape index (κ1) is 17.4. The molecule has 1 heterocycles. The molecule has 0 spiro atoms. The van der Waals surface area contributed by atoms with E-state index in [9.17, 15) is 14.0 Å². The predicted octanol–water partition coefficient (Wildman–Crippen LogP) is 4.03. The van der Waals surface area contributed by atoms with Gasteiger partial charge in [0.25, 0.3) is 5.91 Å². The van der Waals surface area contributed by atoms with Crippen LogP contribution >= 0.6 is 0 Å². The molecular weight excluding hydrogens is 337 g/mol. The van der Waals surface area contributed by atoms with Crippen LogP contribution in [-0.2, 0) is 9.53 Å². The van der Waals surface area contributed by atoms with Crippen molar-refractivity contribution in [2.75, 3.05) is 13.7 Å². The van der Waals surface area contributed by atoms with E-state index < -0.39 is 17.8 Å². The molecule has 2 aromatic carbocycles. The fourth-order valence-electron chi connectivity index (χ4n) is 2.46. The summed E-state index contributed by atoms with van der Waals surface area (Å²) in [5.74, 6) is -1.51. The Morgan fingerprint density at radius 2 is 1.81 bits per heavy atom. The van der Waals surface area contributed by atoms with Crippen LogP contribution in [0.4, 0.5) is 9.18 Å². The summed E-state index contributed by atoms with van der Waals surface area (Å²) >= 11 is 0. The fourth-order valence-corrected chi connectivity index (χ4v) is 2.46.